The van der Waals surface area contributed by atoms with E-state index < -0.39 is 5.82 Å². The molecule has 29 heavy (non-hydrogen) atoms. The number of anilines is 2. The van der Waals surface area contributed by atoms with Gasteiger partial charge in [0.25, 0.3) is 0 Å². The predicted molar refractivity (Wildman–Crippen MR) is 107 cm³/mol. The van der Waals surface area contributed by atoms with Gasteiger partial charge in [0.2, 0.25) is 5.65 Å². The molecule has 1 saturated heterocycles. The van der Waals surface area contributed by atoms with Gasteiger partial charge in [0.1, 0.15) is 17.8 Å². The highest BCUT2D eigenvalue weighted by atomic mass is 19.1. The summed E-state index contributed by atoms with van der Waals surface area (Å²) in [5.41, 5.74) is 1.77. The van der Waals surface area contributed by atoms with E-state index in [4.69, 9.17) is 0 Å². The Hall–Kier alpha value is -3.62. The quantitative estimate of drug-likeness (QED) is 0.529. The van der Waals surface area contributed by atoms with Gasteiger partial charge in [0, 0.05) is 38.1 Å². The predicted octanol–water partition coefficient (Wildman–Crippen LogP) is 2.35. The number of rotatable bonds is 4. The molecule has 9 heteroatoms. The van der Waals surface area contributed by atoms with Crippen LogP contribution in [0.4, 0.5) is 16.0 Å². The van der Waals surface area contributed by atoms with Crippen molar-refractivity contribution in [3.05, 3.63) is 60.7 Å². The molecule has 146 valence electrons. The van der Waals surface area contributed by atoms with Crippen LogP contribution in [-0.4, -0.2) is 55.7 Å². The summed E-state index contributed by atoms with van der Waals surface area (Å²) < 4.78 is 17.1. The Balaban J connectivity index is 1.37. The normalized spacial score (nSPS) is 14.2. The van der Waals surface area contributed by atoms with E-state index in [0.717, 1.165) is 22.9 Å². The van der Waals surface area contributed by atoms with Crippen LogP contribution < -0.4 is 9.80 Å². The minimum absolute atomic E-state index is 0.106. The van der Waals surface area contributed by atoms with Crippen molar-refractivity contribution in [2.45, 2.75) is 13.0 Å². The molecule has 1 fully saturated rings. The first-order valence-electron chi connectivity index (χ1n) is 9.33. The van der Waals surface area contributed by atoms with E-state index in [9.17, 15) is 0 Å². The topological polar surface area (TPSA) is 75.3 Å². The van der Waals surface area contributed by atoms with E-state index >= 15 is 4.39 Å². The third kappa shape index (κ3) is 2.86. The Labute approximate surface area is 166 Å². The lowest BCUT2D eigenvalue weighted by Gasteiger charge is -2.44. The Bertz CT molecular complexity index is 1170. The van der Waals surface area contributed by atoms with Crippen LogP contribution in [0, 0.1) is 12.7 Å². The second-order valence-corrected chi connectivity index (χ2v) is 7.09. The third-order valence-corrected chi connectivity index (χ3v) is 5.34. The highest BCUT2D eigenvalue weighted by molar-refractivity contribution is 5.67. The van der Waals surface area contributed by atoms with Gasteiger partial charge in [-0.15, -0.1) is 10.2 Å². The second kappa shape index (κ2) is 6.77. The molecule has 0 N–H and O–H groups in total. The van der Waals surface area contributed by atoms with Gasteiger partial charge in [-0.1, -0.05) is 30.3 Å². The average Bonchev–Trinajstić information content (AvgIpc) is 3.09. The zero-order valence-electron chi connectivity index (χ0n) is 16.1. The standard InChI is InChI=1S/C20H19FN8/c1-13-25-26-20-19(22-8-9-29(13)20)28-10-15(11-28)27(2)18-16(21)17(23-12-24-18)14-6-4-3-5-7-14/h3-9,12,15H,10-11H2,1-2H3. The molecule has 0 saturated carbocycles. The highest BCUT2D eigenvalue weighted by Crippen LogP contribution is 2.30. The summed E-state index contributed by atoms with van der Waals surface area (Å²) in [5, 5.41) is 8.34. The SMILES string of the molecule is Cc1nnc2c(N3CC(N(C)c4ncnc(-c5ccccc5)c4F)C3)nccn12. The van der Waals surface area contributed by atoms with Crippen LogP contribution >= 0.6 is 0 Å². The van der Waals surface area contributed by atoms with Crippen molar-refractivity contribution in [3.63, 3.8) is 0 Å². The number of fused-ring (bicyclic) bond motifs is 1. The maximum atomic E-state index is 15.1. The molecule has 0 bridgehead atoms. The van der Waals surface area contributed by atoms with Crippen LogP contribution in [0.3, 0.4) is 0 Å². The van der Waals surface area contributed by atoms with Gasteiger partial charge in [-0.05, 0) is 6.92 Å². The molecule has 0 unspecified atom stereocenters. The van der Waals surface area contributed by atoms with Crippen molar-refractivity contribution in [1.82, 2.24) is 29.5 Å². The molecule has 0 aliphatic carbocycles. The molecule has 1 aromatic carbocycles. The fourth-order valence-corrected chi connectivity index (χ4v) is 3.60. The number of aryl methyl sites for hydroxylation is 1. The zero-order valence-corrected chi connectivity index (χ0v) is 16.1. The van der Waals surface area contributed by atoms with Gasteiger partial charge in [0.15, 0.2) is 17.5 Å². The number of aromatic nitrogens is 6. The first-order chi connectivity index (χ1) is 14.1. The van der Waals surface area contributed by atoms with Gasteiger partial charge in [-0.25, -0.2) is 19.3 Å². The summed E-state index contributed by atoms with van der Waals surface area (Å²) in [6.45, 7) is 3.29. The van der Waals surface area contributed by atoms with E-state index in [1.54, 1.807) is 6.20 Å². The number of likely N-dealkylation sites (N-methyl/N-ethyl adjacent to an activating group) is 1. The first-order valence-corrected chi connectivity index (χ1v) is 9.33. The lowest BCUT2D eigenvalue weighted by atomic mass is 10.1. The summed E-state index contributed by atoms with van der Waals surface area (Å²) in [7, 11) is 1.86. The Morgan fingerprint density at radius 2 is 1.86 bits per heavy atom. The Kier molecular flexibility index (Phi) is 4.08. The third-order valence-electron chi connectivity index (χ3n) is 5.34. The zero-order chi connectivity index (χ0) is 20.0. The van der Waals surface area contributed by atoms with Crippen molar-refractivity contribution < 1.29 is 4.39 Å². The van der Waals surface area contributed by atoms with E-state index in [2.05, 4.69) is 30.0 Å². The highest BCUT2D eigenvalue weighted by Gasteiger charge is 2.34. The monoisotopic (exact) mass is 390 g/mol. The molecule has 1 aliphatic heterocycles. The van der Waals surface area contributed by atoms with Crippen LogP contribution in [0.15, 0.2) is 49.1 Å². The number of benzene rings is 1. The summed E-state index contributed by atoms with van der Waals surface area (Å²) in [6.07, 6.45) is 5.00. The molecule has 0 spiro atoms. The summed E-state index contributed by atoms with van der Waals surface area (Å²) in [5.74, 6) is 1.49. The summed E-state index contributed by atoms with van der Waals surface area (Å²) >= 11 is 0. The minimum Gasteiger partial charge on any atom is -0.351 e. The maximum absolute atomic E-state index is 15.1. The molecular weight excluding hydrogens is 371 g/mol. The molecule has 0 radical (unpaired) electrons. The molecule has 8 nitrogen and oxygen atoms in total. The van der Waals surface area contributed by atoms with Crippen LogP contribution in [-0.2, 0) is 0 Å². The van der Waals surface area contributed by atoms with Crippen molar-refractivity contribution >= 4 is 17.3 Å². The number of hydrogen-bond donors (Lipinski definition) is 0. The van der Waals surface area contributed by atoms with E-state index in [1.165, 1.54) is 6.33 Å². The second-order valence-electron chi connectivity index (χ2n) is 7.09. The lowest BCUT2D eigenvalue weighted by Crippen LogP contribution is -2.59. The fraction of sp³-hybridized carbons (Fsp3) is 0.250. The Morgan fingerprint density at radius 3 is 2.66 bits per heavy atom. The van der Waals surface area contributed by atoms with E-state index in [1.807, 2.05) is 59.8 Å². The van der Waals surface area contributed by atoms with Gasteiger partial charge in [-0.2, -0.15) is 0 Å². The number of hydrogen-bond acceptors (Lipinski definition) is 7. The van der Waals surface area contributed by atoms with Crippen LogP contribution in [0.5, 0.6) is 0 Å². The van der Waals surface area contributed by atoms with E-state index in [-0.39, 0.29) is 6.04 Å². The van der Waals surface area contributed by atoms with Crippen molar-refractivity contribution in [3.8, 4) is 11.3 Å². The molecule has 4 heterocycles. The molecule has 5 rings (SSSR count). The average molecular weight is 390 g/mol. The van der Waals surface area contributed by atoms with Crippen LogP contribution in [0.1, 0.15) is 5.82 Å². The maximum Gasteiger partial charge on any atom is 0.203 e. The summed E-state index contributed by atoms with van der Waals surface area (Å²) in [4.78, 5) is 16.8. The largest absolute Gasteiger partial charge is 0.351 e. The van der Waals surface area contributed by atoms with Gasteiger partial charge in [-0.3, -0.25) is 4.40 Å². The minimum atomic E-state index is -0.409. The van der Waals surface area contributed by atoms with Crippen molar-refractivity contribution in [2.24, 2.45) is 0 Å². The molecule has 0 amide bonds. The van der Waals surface area contributed by atoms with Gasteiger partial charge in [0.05, 0.1) is 6.04 Å². The first kappa shape index (κ1) is 17.5. The molecular formula is C20H19FN8. The fourth-order valence-electron chi connectivity index (χ4n) is 3.60. The van der Waals surface area contributed by atoms with E-state index in [0.29, 0.717) is 24.6 Å². The molecule has 3 aromatic heterocycles. The molecule has 4 aromatic rings. The van der Waals surface area contributed by atoms with Crippen LogP contribution in [0.25, 0.3) is 16.9 Å². The lowest BCUT2D eigenvalue weighted by molar-refractivity contribution is 0.481. The van der Waals surface area contributed by atoms with Crippen molar-refractivity contribution in [1.29, 1.82) is 0 Å². The molecule has 0 atom stereocenters. The van der Waals surface area contributed by atoms with Gasteiger partial charge < -0.3 is 9.80 Å². The number of halogens is 1. The summed E-state index contributed by atoms with van der Waals surface area (Å²) in [6, 6.07) is 9.41. The smallest absolute Gasteiger partial charge is 0.203 e. The van der Waals surface area contributed by atoms with Crippen LogP contribution in [0.2, 0.25) is 0 Å². The number of nitrogens with zero attached hydrogens (tertiary/aromatic N) is 8. The van der Waals surface area contributed by atoms with Crippen molar-refractivity contribution in [2.75, 3.05) is 29.9 Å². The Morgan fingerprint density at radius 1 is 1.07 bits per heavy atom. The molecule has 1 aliphatic rings. The van der Waals surface area contributed by atoms with Gasteiger partial charge >= 0.3 is 0 Å².